The normalized spacial score (nSPS) is 8.88. The van der Waals surface area contributed by atoms with E-state index < -0.39 is 0 Å². The van der Waals surface area contributed by atoms with Crippen LogP contribution in [0.2, 0.25) is 5.02 Å². The highest BCUT2D eigenvalue weighted by Gasteiger charge is 2.06. The highest BCUT2D eigenvalue weighted by Crippen LogP contribution is 2.22. The van der Waals surface area contributed by atoms with Crippen LogP contribution < -0.4 is 10.1 Å². The second-order valence-electron chi connectivity index (χ2n) is 3.02. The number of nitrogens with one attached hydrogen (secondary N) is 1. The van der Waals surface area contributed by atoms with Crippen LogP contribution in [0, 0.1) is 23.7 Å². The van der Waals surface area contributed by atoms with Crippen LogP contribution in [0.1, 0.15) is 5.56 Å². The van der Waals surface area contributed by atoms with Crippen LogP contribution in [-0.4, -0.2) is 19.1 Å². The van der Waals surface area contributed by atoms with Crippen molar-refractivity contribution in [2.24, 2.45) is 0 Å². The van der Waals surface area contributed by atoms with Crippen molar-refractivity contribution in [3.8, 4) is 24.2 Å². The van der Waals surface area contributed by atoms with Gasteiger partial charge in [0, 0.05) is 11.1 Å². The summed E-state index contributed by atoms with van der Waals surface area (Å²) in [5.74, 6) is 2.19. The Morgan fingerprint density at radius 1 is 1.59 bits per heavy atom. The molecule has 86 valence electrons. The van der Waals surface area contributed by atoms with Crippen molar-refractivity contribution in [1.29, 1.82) is 5.26 Å². The summed E-state index contributed by atoms with van der Waals surface area (Å²) in [5, 5.41) is 11.7. The number of terminal acetylenes is 1. The van der Waals surface area contributed by atoms with Gasteiger partial charge in [-0.05, 0) is 12.1 Å². The molecule has 0 aliphatic carbocycles. The van der Waals surface area contributed by atoms with Gasteiger partial charge in [0.25, 0.3) is 5.91 Å². The van der Waals surface area contributed by atoms with Gasteiger partial charge in [-0.25, -0.2) is 0 Å². The number of nitriles is 1. The Morgan fingerprint density at radius 3 is 3.00 bits per heavy atom. The number of nitrogens with zero attached hydrogens (tertiary/aromatic N) is 1. The Balaban J connectivity index is 2.63. The van der Waals surface area contributed by atoms with Crippen molar-refractivity contribution in [2.45, 2.75) is 0 Å². The molecule has 1 rings (SSSR count). The Hall–Kier alpha value is -2.17. The standard InChI is InChI=1S/C12H9ClN2O2/c1-2-5-15-12(16)8-17-11-6-10(13)4-3-9(11)7-14/h1,3-4,6H,5,8H2,(H,15,16). The fraction of sp³-hybridized carbons (Fsp3) is 0.167. The SMILES string of the molecule is C#CCNC(=O)COc1cc(Cl)ccc1C#N. The van der Waals surface area contributed by atoms with Crippen molar-refractivity contribution >= 4 is 17.5 Å². The molecule has 0 aromatic heterocycles. The van der Waals surface area contributed by atoms with Gasteiger partial charge in [-0.1, -0.05) is 17.5 Å². The van der Waals surface area contributed by atoms with Crippen LogP contribution in [0.25, 0.3) is 0 Å². The summed E-state index contributed by atoms with van der Waals surface area (Å²) in [6.07, 6.45) is 4.98. The van der Waals surface area contributed by atoms with Gasteiger partial charge in [0.2, 0.25) is 0 Å². The molecule has 17 heavy (non-hydrogen) atoms. The quantitative estimate of drug-likeness (QED) is 0.818. The fourth-order valence-corrected chi connectivity index (χ4v) is 1.21. The lowest BCUT2D eigenvalue weighted by molar-refractivity contribution is -0.122. The Bertz CT molecular complexity index is 500. The zero-order chi connectivity index (χ0) is 12.7. The molecule has 0 heterocycles. The second kappa shape index (κ2) is 6.42. The molecule has 1 aromatic carbocycles. The predicted octanol–water partition coefficient (Wildman–Crippen LogP) is 1.34. The summed E-state index contributed by atoms with van der Waals surface area (Å²) in [5.41, 5.74) is 0.319. The van der Waals surface area contributed by atoms with Crippen molar-refractivity contribution in [1.82, 2.24) is 5.32 Å². The van der Waals surface area contributed by atoms with E-state index in [0.717, 1.165) is 0 Å². The molecule has 5 heteroatoms. The largest absolute Gasteiger partial charge is 0.482 e. The average Bonchev–Trinajstić information content (AvgIpc) is 2.34. The Morgan fingerprint density at radius 2 is 2.35 bits per heavy atom. The van der Waals surface area contributed by atoms with Gasteiger partial charge in [-0.3, -0.25) is 4.79 Å². The molecule has 0 bridgehead atoms. The maximum atomic E-state index is 11.2. The van der Waals surface area contributed by atoms with Crippen LogP contribution in [0.4, 0.5) is 0 Å². The topological polar surface area (TPSA) is 62.1 Å². The molecule has 0 unspecified atom stereocenters. The van der Waals surface area contributed by atoms with E-state index in [1.807, 2.05) is 6.07 Å². The van der Waals surface area contributed by atoms with Gasteiger partial charge in [-0.15, -0.1) is 6.42 Å². The Kier molecular flexibility index (Phi) is 4.87. The molecule has 0 spiro atoms. The van der Waals surface area contributed by atoms with Crippen molar-refractivity contribution < 1.29 is 9.53 Å². The van der Waals surface area contributed by atoms with Gasteiger partial charge in [0.15, 0.2) is 6.61 Å². The molecule has 1 amide bonds. The van der Waals surface area contributed by atoms with E-state index in [2.05, 4.69) is 11.2 Å². The first kappa shape index (κ1) is 12.9. The number of ether oxygens (including phenoxy) is 1. The second-order valence-corrected chi connectivity index (χ2v) is 3.46. The van der Waals surface area contributed by atoms with Gasteiger partial charge < -0.3 is 10.1 Å². The summed E-state index contributed by atoms with van der Waals surface area (Å²) < 4.78 is 5.18. The van der Waals surface area contributed by atoms with Crippen LogP contribution in [-0.2, 0) is 4.79 Å². The minimum absolute atomic E-state index is 0.142. The third-order valence-electron chi connectivity index (χ3n) is 1.81. The number of carbonyl (C=O) groups excluding carboxylic acids is 1. The summed E-state index contributed by atoms with van der Waals surface area (Å²) in [6.45, 7) is -0.0699. The van der Waals surface area contributed by atoms with Crippen LogP contribution in [0.5, 0.6) is 5.75 Å². The van der Waals surface area contributed by atoms with E-state index in [9.17, 15) is 4.79 Å². The van der Waals surface area contributed by atoms with Gasteiger partial charge in [0.05, 0.1) is 12.1 Å². The molecule has 0 aliphatic rings. The smallest absolute Gasteiger partial charge is 0.258 e. The molecular formula is C12H9ClN2O2. The van der Waals surface area contributed by atoms with Crippen LogP contribution in [0.3, 0.4) is 0 Å². The van der Waals surface area contributed by atoms with E-state index in [1.54, 1.807) is 6.07 Å². The maximum absolute atomic E-state index is 11.2. The van der Waals surface area contributed by atoms with Gasteiger partial charge in [-0.2, -0.15) is 5.26 Å². The molecule has 0 fully saturated rings. The van der Waals surface area contributed by atoms with Crippen molar-refractivity contribution in [2.75, 3.05) is 13.2 Å². The first-order valence-corrected chi connectivity index (χ1v) is 5.07. The first-order chi connectivity index (χ1) is 8.17. The highest BCUT2D eigenvalue weighted by molar-refractivity contribution is 6.30. The molecule has 1 aromatic rings. The lowest BCUT2D eigenvalue weighted by atomic mass is 10.2. The average molecular weight is 249 g/mol. The zero-order valence-electron chi connectivity index (χ0n) is 8.87. The predicted molar refractivity (Wildman–Crippen MR) is 63.5 cm³/mol. The number of rotatable bonds is 4. The summed E-state index contributed by atoms with van der Waals surface area (Å²) >= 11 is 5.76. The third-order valence-corrected chi connectivity index (χ3v) is 2.05. The molecule has 0 radical (unpaired) electrons. The number of hydrogen-bond acceptors (Lipinski definition) is 3. The molecule has 1 N–H and O–H groups in total. The van der Waals surface area contributed by atoms with Gasteiger partial charge in [0.1, 0.15) is 11.8 Å². The monoisotopic (exact) mass is 248 g/mol. The molecule has 4 nitrogen and oxygen atoms in total. The molecule has 0 saturated heterocycles. The van der Waals surface area contributed by atoms with Crippen LogP contribution in [0.15, 0.2) is 18.2 Å². The van der Waals surface area contributed by atoms with Gasteiger partial charge >= 0.3 is 0 Å². The summed E-state index contributed by atoms with van der Waals surface area (Å²) in [7, 11) is 0. The number of halogens is 1. The number of hydrogen-bond donors (Lipinski definition) is 1. The van der Waals surface area contributed by atoms with Crippen LogP contribution >= 0.6 is 11.6 Å². The number of carbonyl (C=O) groups is 1. The Labute approximate surface area is 104 Å². The zero-order valence-corrected chi connectivity index (χ0v) is 9.62. The lowest BCUT2D eigenvalue weighted by Gasteiger charge is -2.07. The summed E-state index contributed by atoms with van der Waals surface area (Å²) in [6, 6.07) is 6.52. The third kappa shape index (κ3) is 4.06. The minimum atomic E-state index is -0.355. The molecular weight excluding hydrogens is 240 g/mol. The number of benzene rings is 1. The molecule has 0 atom stereocenters. The molecule has 0 aliphatic heterocycles. The van der Waals surface area contributed by atoms with E-state index in [-0.39, 0.29) is 24.8 Å². The number of amides is 1. The minimum Gasteiger partial charge on any atom is -0.482 e. The van der Waals surface area contributed by atoms with E-state index in [1.165, 1.54) is 12.1 Å². The highest BCUT2D eigenvalue weighted by atomic mass is 35.5. The van der Waals surface area contributed by atoms with E-state index >= 15 is 0 Å². The van der Waals surface area contributed by atoms with Crippen molar-refractivity contribution in [3.63, 3.8) is 0 Å². The lowest BCUT2D eigenvalue weighted by Crippen LogP contribution is -2.29. The fourth-order valence-electron chi connectivity index (χ4n) is 1.05. The maximum Gasteiger partial charge on any atom is 0.258 e. The summed E-state index contributed by atoms with van der Waals surface area (Å²) in [4.78, 5) is 11.2. The van der Waals surface area contributed by atoms with E-state index in [4.69, 9.17) is 28.0 Å². The molecule has 0 saturated carbocycles. The van der Waals surface area contributed by atoms with Crippen molar-refractivity contribution in [3.05, 3.63) is 28.8 Å². The van der Waals surface area contributed by atoms with E-state index in [0.29, 0.717) is 10.6 Å². The first-order valence-electron chi connectivity index (χ1n) is 4.70.